The molecule has 3 rings (SSSR count). The highest BCUT2D eigenvalue weighted by atomic mass is 16.6. The molecule has 2 aromatic rings. The van der Waals surface area contributed by atoms with Crippen LogP contribution in [0.25, 0.3) is 11.0 Å². The number of hydrogen-bond donors (Lipinski definition) is 3. The van der Waals surface area contributed by atoms with Crippen molar-refractivity contribution in [1.82, 2.24) is 20.6 Å². The number of fused-ring (bicyclic) bond motifs is 1. The Morgan fingerprint density at radius 3 is 2.64 bits per heavy atom. The fourth-order valence-electron chi connectivity index (χ4n) is 2.63. The number of nitrogens with one attached hydrogen (secondary N) is 3. The van der Waals surface area contributed by atoms with Crippen molar-refractivity contribution in [1.29, 1.82) is 0 Å². The van der Waals surface area contributed by atoms with Crippen molar-refractivity contribution in [2.75, 3.05) is 31.1 Å². The molecule has 134 valence electrons. The molecular weight excluding hydrogens is 322 g/mol. The lowest BCUT2D eigenvalue weighted by molar-refractivity contribution is 0.0508. The van der Waals surface area contributed by atoms with Gasteiger partial charge in [0, 0.05) is 31.7 Å². The van der Waals surface area contributed by atoms with Crippen LogP contribution < -0.4 is 15.5 Å². The number of anilines is 1. The molecule has 0 aliphatic carbocycles. The maximum atomic E-state index is 12.2. The quantitative estimate of drug-likeness (QED) is 0.765. The number of piperazine rings is 1. The van der Waals surface area contributed by atoms with Crippen molar-refractivity contribution < 1.29 is 14.3 Å². The van der Waals surface area contributed by atoms with Gasteiger partial charge in [-0.05, 0) is 39.0 Å². The van der Waals surface area contributed by atoms with Crippen molar-refractivity contribution in [3.8, 4) is 0 Å². The molecule has 2 amide bonds. The number of imide groups is 1. The van der Waals surface area contributed by atoms with E-state index in [9.17, 15) is 9.59 Å². The van der Waals surface area contributed by atoms with Gasteiger partial charge in [0.25, 0.3) is 5.91 Å². The van der Waals surface area contributed by atoms with Crippen LogP contribution in [0.4, 0.5) is 10.7 Å². The first kappa shape index (κ1) is 17.2. The van der Waals surface area contributed by atoms with Gasteiger partial charge in [-0.15, -0.1) is 0 Å². The fraction of sp³-hybridized carbons (Fsp3) is 0.471. The first-order chi connectivity index (χ1) is 11.8. The number of H-pyrrole nitrogens is 1. The van der Waals surface area contributed by atoms with Crippen LogP contribution >= 0.6 is 0 Å². The van der Waals surface area contributed by atoms with Crippen LogP contribution in [0.1, 0.15) is 31.1 Å². The van der Waals surface area contributed by atoms with Gasteiger partial charge in [-0.1, -0.05) is 0 Å². The number of amides is 2. The summed E-state index contributed by atoms with van der Waals surface area (Å²) in [6, 6.07) is 5.10. The number of ether oxygens (including phenoxy) is 1. The molecule has 1 aromatic heterocycles. The summed E-state index contributed by atoms with van der Waals surface area (Å²) in [7, 11) is 0. The van der Waals surface area contributed by atoms with E-state index in [1.54, 1.807) is 39.0 Å². The van der Waals surface area contributed by atoms with Gasteiger partial charge in [0.15, 0.2) is 0 Å². The summed E-state index contributed by atoms with van der Waals surface area (Å²) in [6.07, 6.45) is -0.760. The minimum Gasteiger partial charge on any atom is -0.444 e. The SMILES string of the molecule is CC(C)(C)OC(=O)NC(=O)c1ccc2nc(N3CCNCC3)[nH]c2c1. The number of hydrogen-bond acceptors (Lipinski definition) is 6. The Morgan fingerprint density at radius 1 is 1.24 bits per heavy atom. The minimum absolute atomic E-state index is 0.369. The fourth-order valence-corrected chi connectivity index (χ4v) is 2.63. The summed E-state index contributed by atoms with van der Waals surface area (Å²) in [4.78, 5) is 33.9. The molecule has 1 aliphatic rings. The molecular formula is C17H23N5O3. The molecule has 1 aromatic carbocycles. The van der Waals surface area contributed by atoms with Crippen molar-refractivity contribution in [3.05, 3.63) is 23.8 Å². The molecule has 1 fully saturated rings. The maximum Gasteiger partial charge on any atom is 0.414 e. The lowest BCUT2D eigenvalue weighted by atomic mass is 10.2. The monoisotopic (exact) mass is 345 g/mol. The second kappa shape index (κ2) is 6.72. The summed E-state index contributed by atoms with van der Waals surface area (Å²) >= 11 is 0. The predicted octanol–water partition coefficient (Wildman–Crippen LogP) is 1.64. The summed E-state index contributed by atoms with van der Waals surface area (Å²) in [5.74, 6) is 0.288. The van der Waals surface area contributed by atoms with Crippen LogP contribution in [-0.2, 0) is 4.74 Å². The molecule has 1 saturated heterocycles. The molecule has 2 heterocycles. The van der Waals surface area contributed by atoms with E-state index in [4.69, 9.17) is 4.74 Å². The highest BCUT2D eigenvalue weighted by molar-refractivity contribution is 6.04. The number of aromatic nitrogens is 2. The predicted molar refractivity (Wildman–Crippen MR) is 94.9 cm³/mol. The molecule has 0 radical (unpaired) electrons. The van der Waals surface area contributed by atoms with Crippen LogP contribution in [0, 0.1) is 0 Å². The van der Waals surface area contributed by atoms with Gasteiger partial charge in [0.1, 0.15) is 5.60 Å². The standard InChI is InChI=1S/C17H23N5O3/c1-17(2,3)25-16(24)21-14(23)11-4-5-12-13(10-11)20-15(19-12)22-8-6-18-7-9-22/h4-5,10,18H,6-9H2,1-3H3,(H,19,20)(H,21,23,24). The zero-order valence-corrected chi connectivity index (χ0v) is 14.7. The number of rotatable bonds is 2. The van der Waals surface area contributed by atoms with Gasteiger partial charge in [0.2, 0.25) is 5.95 Å². The number of alkyl carbamates (subject to hydrolysis) is 1. The molecule has 1 aliphatic heterocycles. The van der Waals surface area contributed by atoms with Gasteiger partial charge < -0.3 is 19.9 Å². The number of carbonyl (C=O) groups is 2. The second-order valence-electron chi connectivity index (χ2n) is 6.99. The van der Waals surface area contributed by atoms with Gasteiger partial charge in [0.05, 0.1) is 11.0 Å². The average Bonchev–Trinajstić information content (AvgIpc) is 2.96. The average molecular weight is 345 g/mol. The van der Waals surface area contributed by atoms with Crippen molar-refractivity contribution >= 4 is 29.0 Å². The molecule has 0 atom stereocenters. The Labute approximate surface area is 145 Å². The largest absolute Gasteiger partial charge is 0.444 e. The number of nitrogens with zero attached hydrogens (tertiary/aromatic N) is 2. The third kappa shape index (κ3) is 4.27. The Balaban J connectivity index is 1.74. The van der Waals surface area contributed by atoms with E-state index in [0.717, 1.165) is 43.2 Å². The van der Waals surface area contributed by atoms with E-state index in [2.05, 4.69) is 25.5 Å². The number of benzene rings is 1. The highest BCUT2D eigenvalue weighted by Crippen LogP contribution is 2.19. The molecule has 0 spiro atoms. The van der Waals surface area contributed by atoms with E-state index in [0.29, 0.717) is 5.56 Å². The van der Waals surface area contributed by atoms with Gasteiger partial charge in [-0.2, -0.15) is 0 Å². The normalized spacial score (nSPS) is 15.2. The van der Waals surface area contributed by atoms with E-state index < -0.39 is 17.6 Å². The van der Waals surface area contributed by atoms with Gasteiger partial charge >= 0.3 is 6.09 Å². The van der Waals surface area contributed by atoms with Crippen LogP contribution in [0.3, 0.4) is 0 Å². The van der Waals surface area contributed by atoms with Gasteiger partial charge in [-0.25, -0.2) is 9.78 Å². The topological polar surface area (TPSA) is 99.3 Å². The number of imidazole rings is 1. The Bertz CT molecular complexity index is 787. The first-order valence-corrected chi connectivity index (χ1v) is 8.31. The van der Waals surface area contributed by atoms with Crippen molar-refractivity contribution in [3.63, 3.8) is 0 Å². The van der Waals surface area contributed by atoms with E-state index in [1.165, 1.54) is 0 Å². The van der Waals surface area contributed by atoms with Crippen LogP contribution in [0.2, 0.25) is 0 Å². The minimum atomic E-state index is -0.760. The smallest absolute Gasteiger partial charge is 0.414 e. The molecule has 0 bridgehead atoms. The maximum absolute atomic E-state index is 12.2. The second-order valence-corrected chi connectivity index (χ2v) is 6.99. The Hall–Kier alpha value is -2.61. The molecule has 0 unspecified atom stereocenters. The Morgan fingerprint density at radius 2 is 1.96 bits per heavy atom. The first-order valence-electron chi connectivity index (χ1n) is 8.31. The lowest BCUT2D eigenvalue weighted by Gasteiger charge is -2.26. The highest BCUT2D eigenvalue weighted by Gasteiger charge is 2.20. The number of carbonyl (C=O) groups excluding carboxylic acids is 2. The van der Waals surface area contributed by atoms with Crippen LogP contribution in [0.15, 0.2) is 18.2 Å². The van der Waals surface area contributed by atoms with E-state index in [-0.39, 0.29) is 0 Å². The molecule has 8 heteroatoms. The van der Waals surface area contributed by atoms with Crippen LogP contribution in [-0.4, -0.2) is 53.7 Å². The van der Waals surface area contributed by atoms with Crippen molar-refractivity contribution in [2.24, 2.45) is 0 Å². The zero-order valence-electron chi connectivity index (χ0n) is 14.7. The summed E-state index contributed by atoms with van der Waals surface area (Å²) < 4.78 is 5.10. The lowest BCUT2D eigenvalue weighted by Crippen LogP contribution is -2.44. The Kier molecular flexibility index (Phi) is 4.63. The molecule has 8 nitrogen and oxygen atoms in total. The third-order valence-electron chi connectivity index (χ3n) is 3.76. The van der Waals surface area contributed by atoms with Gasteiger partial charge in [-0.3, -0.25) is 10.1 Å². The third-order valence-corrected chi connectivity index (χ3v) is 3.76. The van der Waals surface area contributed by atoms with Crippen molar-refractivity contribution in [2.45, 2.75) is 26.4 Å². The molecule has 3 N–H and O–H groups in total. The molecule has 25 heavy (non-hydrogen) atoms. The summed E-state index contributed by atoms with van der Waals surface area (Å²) in [5.41, 5.74) is 1.25. The molecule has 0 saturated carbocycles. The van der Waals surface area contributed by atoms with E-state index >= 15 is 0 Å². The summed E-state index contributed by atoms with van der Waals surface area (Å²) in [6.45, 7) is 8.82. The number of aromatic amines is 1. The summed E-state index contributed by atoms with van der Waals surface area (Å²) in [5, 5.41) is 5.53. The zero-order chi connectivity index (χ0) is 18.0. The van der Waals surface area contributed by atoms with Crippen LogP contribution in [0.5, 0.6) is 0 Å². The van der Waals surface area contributed by atoms with E-state index in [1.807, 2.05) is 0 Å².